The van der Waals surface area contributed by atoms with Gasteiger partial charge in [0.15, 0.2) is 0 Å². The third-order valence-corrected chi connectivity index (χ3v) is 2.39. The second kappa shape index (κ2) is 3.93. The molecule has 2 rings (SSSR count). The summed E-state index contributed by atoms with van der Waals surface area (Å²) < 4.78 is 10.6. The van der Waals surface area contributed by atoms with Crippen LogP contribution in [0.4, 0.5) is 6.01 Å². The fourth-order valence-corrected chi connectivity index (χ4v) is 1.45. The standard InChI is InChI=1S/C8H14N4O2/c1-12(6-2-3-13-5-6)8-11-10-7(4-9)14-8/h6H,2-5,9H2,1H3. The van der Waals surface area contributed by atoms with Gasteiger partial charge in [0.05, 0.1) is 19.2 Å². The molecule has 2 N–H and O–H groups in total. The monoisotopic (exact) mass is 198 g/mol. The highest BCUT2D eigenvalue weighted by Crippen LogP contribution is 2.18. The molecule has 1 fully saturated rings. The zero-order valence-corrected chi connectivity index (χ0v) is 8.14. The summed E-state index contributed by atoms with van der Waals surface area (Å²) >= 11 is 0. The highest BCUT2D eigenvalue weighted by atomic mass is 16.5. The molecule has 1 unspecified atom stereocenters. The number of anilines is 1. The molecular weight excluding hydrogens is 184 g/mol. The van der Waals surface area contributed by atoms with Crippen molar-refractivity contribution in [3.8, 4) is 0 Å². The maximum atomic E-state index is 5.38. The van der Waals surface area contributed by atoms with Crippen LogP contribution in [-0.2, 0) is 11.3 Å². The first-order valence-electron chi connectivity index (χ1n) is 4.64. The first-order chi connectivity index (χ1) is 6.81. The van der Waals surface area contributed by atoms with Gasteiger partial charge in [-0.25, -0.2) is 0 Å². The zero-order chi connectivity index (χ0) is 9.97. The number of nitrogens with two attached hydrogens (primary N) is 1. The van der Waals surface area contributed by atoms with Crippen molar-refractivity contribution >= 4 is 6.01 Å². The number of hydrogen-bond donors (Lipinski definition) is 1. The Hall–Kier alpha value is -1.14. The van der Waals surface area contributed by atoms with Crippen LogP contribution in [-0.4, -0.2) is 36.5 Å². The number of ether oxygens (including phenoxy) is 1. The van der Waals surface area contributed by atoms with Gasteiger partial charge in [-0.15, -0.1) is 5.10 Å². The largest absolute Gasteiger partial charge is 0.407 e. The van der Waals surface area contributed by atoms with E-state index < -0.39 is 0 Å². The smallest absolute Gasteiger partial charge is 0.318 e. The quantitative estimate of drug-likeness (QED) is 0.721. The predicted octanol–water partition coefficient (Wildman–Crippen LogP) is -0.247. The van der Waals surface area contributed by atoms with Crippen LogP contribution >= 0.6 is 0 Å². The van der Waals surface area contributed by atoms with Crippen molar-refractivity contribution in [3.63, 3.8) is 0 Å². The van der Waals surface area contributed by atoms with Crippen molar-refractivity contribution in [2.45, 2.75) is 19.0 Å². The van der Waals surface area contributed by atoms with Gasteiger partial charge in [0.1, 0.15) is 0 Å². The molecule has 1 atom stereocenters. The van der Waals surface area contributed by atoms with Gasteiger partial charge >= 0.3 is 6.01 Å². The van der Waals surface area contributed by atoms with Crippen LogP contribution < -0.4 is 10.6 Å². The summed E-state index contributed by atoms with van der Waals surface area (Å²) in [6, 6.07) is 0.849. The van der Waals surface area contributed by atoms with Crippen LogP contribution in [0.25, 0.3) is 0 Å². The molecule has 14 heavy (non-hydrogen) atoms. The lowest BCUT2D eigenvalue weighted by Gasteiger charge is -2.19. The summed E-state index contributed by atoms with van der Waals surface area (Å²) in [4.78, 5) is 1.94. The molecular formula is C8H14N4O2. The molecule has 0 amide bonds. The Bertz CT molecular complexity index is 295. The van der Waals surface area contributed by atoms with Gasteiger partial charge in [-0.2, -0.15) is 0 Å². The molecule has 0 spiro atoms. The number of rotatable bonds is 3. The van der Waals surface area contributed by atoms with E-state index in [0.717, 1.165) is 19.6 Å². The van der Waals surface area contributed by atoms with E-state index in [2.05, 4.69) is 10.2 Å². The van der Waals surface area contributed by atoms with Gasteiger partial charge in [-0.1, -0.05) is 5.10 Å². The Morgan fingerprint density at radius 2 is 2.43 bits per heavy atom. The molecule has 0 bridgehead atoms. The number of aromatic nitrogens is 2. The van der Waals surface area contributed by atoms with Crippen molar-refractivity contribution in [1.29, 1.82) is 0 Å². The Morgan fingerprint density at radius 3 is 3.00 bits per heavy atom. The molecule has 6 nitrogen and oxygen atoms in total. The SMILES string of the molecule is CN(c1nnc(CN)o1)C1CCOC1. The minimum atomic E-state index is 0.280. The predicted molar refractivity (Wildman–Crippen MR) is 49.8 cm³/mol. The van der Waals surface area contributed by atoms with Crippen molar-refractivity contribution in [2.24, 2.45) is 5.73 Å². The van der Waals surface area contributed by atoms with Gasteiger partial charge in [0.2, 0.25) is 5.89 Å². The van der Waals surface area contributed by atoms with Gasteiger partial charge < -0.3 is 19.8 Å². The van der Waals surface area contributed by atoms with Crippen LogP contribution in [0.15, 0.2) is 4.42 Å². The van der Waals surface area contributed by atoms with Crippen LogP contribution in [0.5, 0.6) is 0 Å². The minimum absolute atomic E-state index is 0.280. The number of hydrogen-bond acceptors (Lipinski definition) is 6. The fraction of sp³-hybridized carbons (Fsp3) is 0.750. The highest BCUT2D eigenvalue weighted by Gasteiger charge is 2.23. The van der Waals surface area contributed by atoms with E-state index in [1.165, 1.54) is 0 Å². The summed E-state index contributed by atoms with van der Waals surface area (Å²) in [5.41, 5.74) is 5.38. The van der Waals surface area contributed by atoms with Crippen molar-refractivity contribution in [2.75, 3.05) is 25.2 Å². The topological polar surface area (TPSA) is 77.4 Å². The molecule has 2 heterocycles. The lowest BCUT2D eigenvalue weighted by molar-refractivity contribution is 0.193. The summed E-state index contributed by atoms with van der Waals surface area (Å²) in [6.45, 7) is 1.80. The van der Waals surface area contributed by atoms with Crippen LogP contribution in [0.2, 0.25) is 0 Å². The van der Waals surface area contributed by atoms with E-state index in [9.17, 15) is 0 Å². The van der Waals surface area contributed by atoms with E-state index >= 15 is 0 Å². The van der Waals surface area contributed by atoms with E-state index in [0.29, 0.717) is 17.9 Å². The van der Waals surface area contributed by atoms with E-state index in [-0.39, 0.29) is 6.54 Å². The van der Waals surface area contributed by atoms with Crippen LogP contribution in [0.3, 0.4) is 0 Å². The molecule has 1 aromatic rings. The first-order valence-corrected chi connectivity index (χ1v) is 4.64. The first kappa shape index (κ1) is 9.42. The molecule has 78 valence electrons. The second-order valence-electron chi connectivity index (χ2n) is 3.31. The summed E-state index contributed by atoms with van der Waals surface area (Å²) in [6.07, 6.45) is 0.997. The Balaban J connectivity index is 2.05. The normalized spacial score (nSPS) is 21.4. The van der Waals surface area contributed by atoms with Gasteiger partial charge in [-0.05, 0) is 6.42 Å². The molecule has 0 aliphatic carbocycles. The lowest BCUT2D eigenvalue weighted by Crippen LogP contribution is -2.31. The maximum Gasteiger partial charge on any atom is 0.318 e. The van der Waals surface area contributed by atoms with E-state index in [4.69, 9.17) is 14.9 Å². The molecule has 0 radical (unpaired) electrons. The number of nitrogens with zero attached hydrogens (tertiary/aromatic N) is 3. The van der Waals surface area contributed by atoms with Crippen LogP contribution in [0.1, 0.15) is 12.3 Å². The Morgan fingerprint density at radius 1 is 1.57 bits per heavy atom. The number of likely N-dealkylation sites (N-methyl/N-ethyl adjacent to an activating group) is 1. The zero-order valence-electron chi connectivity index (χ0n) is 8.14. The second-order valence-corrected chi connectivity index (χ2v) is 3.31. The molecule has 0 saturated carbocycles. The average molecular weight is 198 g/mol. The summed E-state index contributed by atoms with van der Waals surface area (Å²) in [7, 11) is 1.92. The Labute approximate surface area is 82.0 Å². The van der Waals surface area contributed by atoms with E-state index in [1.807, 2.05) is 11.9 Å². The Kier molecular flexibility index (Phi) is 2.64. The third kappa shape index (κ3) is 1.71. The molecule has 0 aromatic carbocycles. The van der Waals surface area contributed by atoms with Gasteiger partial charge in [-0.3, -0.25) is 0 Å². The van der Waals surface area contributed by atoms with Crippen molar-refractivity contribution in [1.82, 2.24) is 10.2 Å². The molecule has 1 aromatic heterocycles. The van der Waals surface area contributed by atoms with Gasteiger partial charge in [0.25, 0.3) is 0 Å². The van der Waals surface area contributed by atoms with Gasteiger partial charge in [0, 0.05) is 13.7 Å². The molecule has 1 aliphatic rings. The summed E-state index contributed by atoms with van der Waals surface area (Å²) in [5, 5.41) is 7.71. The average Bonchev–Trinajstić information content (AvgIpc) is 2.88. The lowest BCUT2D eigenvalue weighted by atomic mass is 10.2. The third-order valence-electron chi connectivity index (χ3n) is 2.39. The molecule has 1 aliphatic heterocycles. The summed E-state index contributed by atoms with van der Waals surface area (Å²) in [5.74, 6) is 0.464. The van der Waals surface area contributed by atoms with E-state index in [1.54, 1.807) is 0 Å². The fourth-order valence-electron chi connectivity index (χ4n) is 1.45. The molecule has 1 saturated heterocycles. The molecule has 6 heteroatoms. The minimum Gasteiger partial charge on any atom is -0.407 e. The van der Waals surface area contributed by atoms with Crippen molar-refractivity contribution in [3.05, 3.63) is 5.89 Å². The maximum absolute atomic E-state index is 5.38. The van der Waals surface area contributed by atoms with Crippen molar-refractivity contribution < 1.29 is 9.15 Å². The van der Waals surface area contributed by atoms with Crippen LogP contribution in [0, 0.1) is 0 Å². The highest BCUT2D eigenvalue weighted by molar-refractivity contribution is 5.25.